The van der Waals surface area contributed by atoms with E-state index in [0.29, 0.717) is 23.1 Å². The average molecular weight is 392 g/mol. The Morgan fingerprint density at radius 3 is 2.26 bits per heavy atom. The number of hydrogen-bond acceptors (Lipinski definition) is 4. The topological polar surface area (TPSA) is 39.7 Å². The van der Waals surface area contributed by atoms with E-state index < -0.39 is 0 Å². The smallest absolute Gasteiger partial charge is 0.162 e. The monoisotopic (exact) mass is 391 g/mol. The molecule has 0 aliphatic rings. The highest BCUT2D eigenvalue weighted by Gasteiger charge is 2.09. The number of ether oxygens (including phenoxy) is 3. The number of halogens is 1. The number of unbranched alkanes of at least 4 members (excludes halogenated alkanes) is 3. The van der Waals surface area contributed by atoms with Crippen molar-refractivity contribution in [1.29, 1.82) is 0 Å². The molecule has 4 nitrogen and oxygen atoms in total. The second-order valence-corrected chi connectivity index (χ2v) is 6.86. The highest BCUT2D eigenvalue weighted by atomic mass is 35.5. The van der Waals surface area contributed by atoms with Crippen LogP contribution in [-0.4, -0.2) is 20.8 Å². The summed E-state index contributed by atoms with van der Waals surface area (Å²) in [4.78, 5) is 0. The number of rotatable bonds is 12. The van der Waals surface area contributed by atoms with Gasteiger partial charge in [0.2, 0.25) is 0 Å². The zero-order chi connectivity index (χ0) is 19.5. The van der Waals surface area contributed by atoms with E-state index >= 15 is 0 Å². The molecule has 0 aliphatic carbocycles. The van der Waals surface area contributed by atoms with Crippen molar-refractivity contribution < 1.29 is 14.2 Å². The Hall–Kier alpha value is -1.91. The van der Waals surface area contributed by atoms with Crippen LogP contribution in [0, 0.1) is 0 Å². The summed E-state index contributed by atoms with van der Waals surface area (Å²) in [6.07, 6.45) is 4.87. The molecule has 5 heteroatoms. The zero-order valence-electron chi connectivity index (χ0n) is 16.5. The van der Waals surface area contributed by atoms with Crippen LogP contribution in [0.2, 0.25) is 5.02 Å². The maximum atomic E-state index is 6.33. The Kier molecular flexibility index (Phi) is 9.29. The number of methoxy groups -OCH3 is 2. The molecule has 0 amide bonds. The molecular weight excluding hydrogens is 362 g/mol. The minimum Gasteiger partial charge on any atom is -0.494 e. The van der Waals surface area contributed by atoms with Gasteiger partial charge in [-0.05, 0) is 35.7 Å². The van der Waals surface area contributed by atoms with Gasteiger partial charge >= 0.3 is 0 Å². The maximum absolute atomic E-state index is 6.33. The molecule has 2 aromatic rings. The van der Waals surface area contributed by atoms with Crippen LogP contribution in [0.5, 0.6) is 17.2 Å². The molecule has 0 fully saturated rings. The van der Waals surface area contributed by atoms with Gasteiger partial charge in [0.05, 0.1) is 20.8 Å². The minimum absolute atomic E-state index is 0.636. The first-order valence-corrected chi connectivity index (χ1v) is 9.88. The number of benzene rings is 2. The van der Waals surface area contributed by atoms with E-state index in [-0.39, 0.29) is 0 Å². The van der Waals surface area contributed by atoms with Gasteiger partial charge < -0.3 is 19.5 Å². The molecule has 0 spiro atoms. The maximum Gasteiger partial charge on any atom is 0.162 e. The predicted octanol–water partition coefficient (Wildman–Crippen LogP) is 5.61. The van der Waals surface area contributed by atoms with Crippen LogP contribution in [0.25, 0.3) is 0 Å². The van der Waals surface area contributed by atoms with E-state index in [4.69, 9.17) is 25.8 Å². The molecule has 2 aromatic carbocycles. The fourth-order valence-corrected chi connectivity index (χ4v) is 3.02. The summed E-state index contributed by atoms with van der Waals surface area (Å²) in [5.41, 5.74) is 2.17. The lowest BCUT2D eigenvalue weighted by Gasteiger charge is -2.12. The Morgan fingerprint density at radius 2 is 1.59 bits per heavy atom. The Bertz CT molecular complexity index is 689. The van der Waals surface area contributed by atoms with Gasteiger partial charge in [0.25, 0.3) is 0 Å². The molecule has 0 atom stereocenters. The second kappa shape index (κ2) is 11.7. The summed E-state index contributed by atoms with van der Waals surface area (Å²) in [6.45, 7) is 4.40. The van der Waals surface area contributed by atoms with Crippen molar-refractivity contribution in [2.24, 2.45) is 0 Å². The van der Waals surface area contributed by atoms with Crippen LogP contribution in [-0.2, 0) is 13.1 Å². The first-order chi connectivity index (χ1) is 13.2. The molecule has 0 saturated carbocycles. The summed E-state index contributed by atoms with van der Waals surface area (Å²) >= 11 is 6.33. The molecule has 0 saturated heterocycles. The standard InChI is InChI=1S/C22H30ClNO3/c1-4-5-6-7-12-27-19-10-8-17(9-11-19)15-24-16-18-13-21(25-2)22(26-3)14-20(18)23/h8-11,13-14,24H,4-7,12,15-16H2,1-3H3. The van der Waals surface area contributed by atoms with Crippen LogP contribution >= 0.6 is 11.6 Å². The molecule has 148 valence electrons. The van der Waals surface area contributed by atoms with Gasteiger partial charge in [0, 0.05) is 24.2 Å². The van der Waals surface area contributed by atoms with Crippen LogP contribution in [0.4, 0.5) is 0 Å². The van der Waals surface area contributed by atoms with Gasteiger partial charge in [-0.3, -0.25) is 0 Å². The molecule has 2 rings (SSSR count). The van der Waals surface area contributed by atoms with Crippen molar-refractivity contribution in [3.63, 3.8) is 0 Å². The molecule has 0 heterocycles. The quantitative estimate of drug-likeness (QED) is 0.477. The Morgan fingerprint density at radius 1 is 0.889 bits per heavy atom. The van der Waals surface area contributed by atoms with E-state index in [1.807, 2.05) is 18.2 Å². The van der Waals surface area contributed by atoms with Crippen molar-refractivity contribution >= 4 is 11.6 Å². The largest absolute Gasteiger partial charge is 0.494 e. The van der Waals surface area contributed by atoms with Crippen molar-refractivity contribution in [2.45, 2.75) is 45.7 Å². The fourth-order valence-electron chi connectivity index (χ4n) is 2.80. The third-order valence-electron chi connectivity index (χ3n) is 4.39. The third-order valence-corrected chi connectivity index (χ3v) is 4.74. The molecule has 0 bridgehead atoms. The van der Waals surface area contributed by atoms with E-state index in [9.17, 15) is 0 Å². The highest BCUT2D eigenvalue weighted by Crippen LogP contribution is 2.33. The summed E-state index contributed by atoms with van der Waals surface area (Å²) < 4.78 is 16.4. The predicted molar refractivity (Wildman–Crippen MR) is 111 cm³/mol. The molecule has 0 unspecified atom stereocenters. The number of hydrogen-bond donors (Lipinski definition) is 1. The molecule has 1 N–H and O–H groups in total. The molecular formula is C22H30ClNO3. The summed E-state index contributed by atoms with van der Waals surface area (Å²) in [5.74, 6) is 2.24. The first kappa shape index (κ1) is 21.4. The van der Waals surface area contributed by atoms with Gasteiger partial charge in [0.15, 0.2) is 11.5 Å². The number of nitrogens with one attached hydrogen (secondary N) is 1. The van der Waals surface area contributed by atoms with Crippen molar-refractivity contribution in [1.82, 2.24) is 5.32 Å². The lowest BCUT2D eigenvalue weighted by atomic mass is 10.1. The lowest BCUT2D eigenvalue weighted by molar-refractivity contribution is 0.305. The molecule has 27 heavy (non-hydrogen) atoms. The van der Waals surface area contributed by atoms with Crippen molar-refractivity contribution in [3.8, 4) is 17.2 Å². The SMILES string of the molecule is CCCCCCOc1ccc(CNCc2cc(OC)c(OC)cc2Cl)cc1. The minimum atomic E-state index is 0.636. The van der Waals surface area contributed by atoms with Crippen LogP contribution in [0.3, 0.4) is 0 Å². The van der Waals surface area contributed by atoms with E-state index in [1.165, 1.54) is 24.8 Å². The molecule has 0 radical (unpaired) electrons. The normalized spacial score (nSPS) is 10.7. The highest BCUT2D eigenvalue weighted by molar-refractivity contribution is 6.31. The summed E-state index contributed by atoms with van der Waals surface area (Å²) in [6, 6.07) is 11.9. The first-order valence-electron chi connectivity index (χ1n) is 9.50. The van der Waals surface area contributed by atoms with E-state index in [0.717, 1.165) is 30.9 Å². The van der Waals surface area contributed by atoms with Crippen molar-refractivity contribution in [2.75, 3.05) is 20.8 Å². The van der Waals surface area contributed by atoms with Crippen LogP contribution in [0.15, 0.2) is 36.4 Å². The van der Waals surface area contributed by atoms with Gasteiger partial charge in [-0.25, -0.2) is 0 Å². The zero-order valence-corrected chi connectivity index (χ0v) is 17.3. The van der Waals surface area contributed by atoms with Gasteiger partial charge in [-0.2, -0.15) is 0 Å². The van der Waals surface area contributed by atoms with E-state index in [1.54, 1.807) is 20.3 Å². The second-order valence-electron chi connectivity index (χ2n) is 6.46. The van der Waals surface area contributed by atoms with Crippen LogP contribution in [0.1, 0.15) is 43.7 Å². The average Bonchev–Trinajstić information content (AvgIpc) is 2.69. The van der Waals surface area contributed by atoms with E-state index in [2.05, 4.69) is 24.4 Å². The van der Waals surface area contributed by atoms with Gasteiger partial charge in [0.1, 0.15) is 5.75 Å². The van der Waals surface area contributed by atoms with Crippen LogP contribution < -0.4 is 19.5 Å². The molecule has 0 aliphatic heterocycles. The Balaban J connectivity index is 1.80. The molecule has 0 aromatic heterocycles. The summed E-state index contributed by atoms with van der Waals surface area (Å²) in [7, 11) is 3.22. The summed E-state index contributed by atoms with van der Waals surface area (Å²) in [5, 5.41) is 4.07. The van der Waals surface area contributed by atoms with Crippen molar-refractivity contribution in [3.05, 3.63) is 52.5 Å². The fraction of sp³-hybridized carbons (Fsp3) is 0.455. The Labute approximate surface area is 167 Å². The van der Waals surface area contributed by atoms with Gasteiger partial charge in [-0.1, -0.05) is 49.9 Å². The van der Waals surface area contributed by atoms with Gasteiger partial charge in [-0.15, -0.1) is 0 Å². The lowest BCUT2D eigenvalue weighted by Crippen LogP contribution is -2.13. The third kappa shape index (κ3) is 6.96.